The Kier molecular flexibility index (Phi) is 5.86. The molecule has 4 nitrogen and oxygen atoms in total. The highest BCUT2D eigenvalue weighted by Gasteiger charge is 2.16. The monoisotopic (exact) mass is 340 g/mol. The molecule has 0 aliphatic carbocycles. The van der Waals surface area contributed by atoms with E-state index in [2.05, 4.69) is 15.9 Å². The number of halogens is 1. The standard InChI is InChI=1S/C15H21BrN2O2/c16-13-5-6-14(12(9-13)10-17)20-11-15(19)18-7-3-1-2-4-8-18/h5-6,9H,1-4,7-8,10-11,17H2. The van der Waals surface area contributed by atoms with Gasteiger partial charge in [0.2, 0.25) is 0 Å². The van der Waals surface area contributed by atoms with E-state index < -0.39 is 0 Å². The molecule has 5 heteroatoms. The quantitative estimate of drug-likeness (QED) is 0.916. The molecule has 0 atom stereocenters. The average molecular weight is 341 g/mol. The van der Waals surface area contributed by atoms with Crippen molar-refractivity contribution in [3.05, 3.63) is 28.2 Å². The summed E-state index contributed by atoms with van der Waals surface area (Å²) in [4.78, 5) is 14.1. The molecule has 20 heavy (non-hydrogen) atoms. The first-order chi connectivity index (χ1) is 9.70. The second kappa shape index (κ2) is 7.64. The maximum Gasteiger partial charge on any atom is 0.260 e. The van der Waals surface area contributed by atoms with E-state index in [1.54, 1.807) is 0 Å². The van der Waals surface area contributed by atoms with Crippen LogP contribution in [0.25, 0.3) is 0 Å². The normalized spacial score (nSPS) is 15.8. The molecule has 1 amide bonds. The highest BCUT2D eigenvalue weighted by atomic mass is 79.9. The molecule has 1 fully saturated rings. The van der Waals surface area contributed by atoms with Gasteiger partial charge in [-0.1, -0.05) is 28.8 Å². The topological polar surface area (TPSA) is 55.6 Å². The van der Waals surface area contributed by atoms with Crippen LogP contribution < -0.4 is 10.5 Å². The molecule has 1 aromatic carbocycles. The fourth-order valence-corrected chi connectivity index (χ4v) is 2.81. The number of hydrogen-bond donors (Lipinski definition) is 1. The summed E-state index contributed by atoms with van der Waals surface area (Å²) in [5, 5.41) is 0. The van der Waals surface area contributed by atoms with Gasteiger partial charge >= 0.3 is 0 Å². The molecule has 1 heterocycles. The van der Waals surface area contributed by atoms with Crippen LogP contribution in [0.3, 0.4) is 0 Å². The van der Waals surface area contributed by atoms with Gasteiger partial charge in [-0.15, -0.1) is 0 Å². The molecule has 110 valence electrons. The Balaban J connectivity index is 1.92. The summed E-state index contributed by atoms with van der Waals surface area (Å²) >= 11 is 3.40. The minimum Gasteiger partial charge on any atom is -0.483 e. The van der Waals surface area contributed by atoms with Gasteiger partial charge in [-0.05, 0) is 31.0 Å². The summed E-state index contributed by atoms with van der Waals surface area (Å²) in [6, 6.07) is 5.67. The van der Waals surface area contributed by atoms with E-state index in [0.717, 1.165) is 36.0 Å². The van der Waals surface area contributed by atoms with Gasteiger partial charge in [0.05, 0.1) is 0 Å². The molecular formula is C15H21BrN2O2. The van der Waals surface area contributed by atoms with Crippen molar-refractivity contribution in [2.24, 2.45) is 5.73 Å². The molecule has 1 aliphatic heterocycles. The highest BCUT2D eigenvalue weighted by molar-refractivity contribution is 9.10. The molecule has 0 spiro atoms. The molecular weight excluding hydrogens is 320 g/mol. The molecule has 1 saturated heterocycles. The largest absolute Gasteiger partial charge is 0.483 e. The summed E-state index contributed by atoms with van der Waals surface area (Å²) in [5.74, 6) is 0.761. The number of amides is 1. The van der Waals surface area contributed by atoms with Crippen molar-refractivity contribution in [1.29, 1.82) is 0 Å². The Hall–Kier alpha value is -1.07. The van der Waals surface area contributed by atoms with E-state index in [-0.39, 0.29) is 12.5 Å². The van der Waals surface area contributed by atoms with Crippen molar-refractivity contribution < 1.29 is 9.53 Å². The van der Waals surface area contributed by atoms with E-state index >= 15 is 0 Å². The molecule has 2 rings (SSSR count). The van der Waals surface area contributed by atoms with E-state index in [4.69, 9.17) is 10.5 Å². The first-order valence-electron chi connectivity index (χ1n) is 7.10. The van der Waals surface area contributed by atoms with Crippen LogP contribution in [0.1, 0.15) is 31.2 Å². The molecule has 2 N–H and O–H groups in total. The first kappa shape index (κ1) is 15.3. The molecule has 0 aromatic heterocycles. The summed E-state index contributed by atoms with van der Waals surface area (Å²) in [6.07, 6.45) is 4.62. The lowest BCUT2D eigenvalue weighted by molar-refractivity contribution is -0.133. The smallest absolute Gasteiger partial charge is 0.260 e. The average Bonchev–Trinajstić information content (AvgIpc) is 2.74. The SMILES string of the molecule is NCc1cc(Br)ccc1OCC(=O)N1CCCCCC1. The van der Waals surface area contributed by atoms with Crippen molar-refractivity contribution in [3.8, 4) is 5.75 Å². The Labute approximate surface area is 128 Å². The van der Waals surface area contributed by atoms with Gasteiger partial charge in [0.15, 0.2) is 6.61 Å². The lowest BCUT2D eigenvalue weighted by Crippen LogP contribution is -2.35. The number of hydrogen-bond acceptors (Lipinski definition) is 3. The van der Waals surface area contributed by atoms with Crippen LogP contribution in [-0.4, -0.2) is 30.5 Å². The molecule has 0 unspecified atom stereocenters. The zero-order chi connectivity index (χ0) is 14.4. The highest BCUT2D eigenvalue weighted by Crippen LogP contribution is 2.23. The van der Waals surface area contributed by atoms with Crippen LogP contribution >= 0.6 is 15.9 Å². The van der Waals surface area contributed by atoms with Crippen LogP contribution in [0.5, 0.6) is 5.75 Å². The molecule has 1 aliphatic rings. The number of carbonyl (C=O) groups is 1. The third-order valence-electron chi connectivity index (χ3n) is 3.55. The first-order valence-corrected chi connectivity index (χ1v) is 7.89. The predicted octanol–water partition coefficient (Wildman–Crippen LogP) is 2.69. The predicted molar refractivity (Wildman–Crippen MR) is 82.6 cm³/mol. The molecule has 1 aromatic rings. The van der Waals surface area contributed by atoms with Gasteiger partial charge in [-0.2, -0.15) is 0 Å². The Morgan fingerprint density at radius 2 is 1.95 bits per heavy atom. The van der Waals surface area contributed by atoms with Crippen molar-refractivity contribution in [2.75, 3.05) is 19.7 Å². The lowest BCUT2D eigenvalue weighted by Gasteiger charge is -2.20. The van der Waals surface area contributed by atoms with Gasteiger partial charge in [0, 0.05) is 29.7 Å². The second-order valence-corrected chi connectivity index (χ2v) is 5.96. The van der Waals surface area contributed by atoms with Gasteiger partial charge in [0.25, 0.3) is 5.91 Å². The van der Waals surface area contributed by atoms with E-state index in [0.29, 0.717) is 12.3 Å². The number of carbonyl (C=O) groups excluding carboxylic acids is 1. The summed E-state index contributed by atoms with van der Waals surface area (Å²) in [7, 11) is 0. The fourth-order valence-electron chi connectivity index (χ4n) is 2.40. The third kappa shape index (κ3) is 4.21. The molecule has 0 saturated carbocycles. The Morgan fingerprint density at radius 1 is 1.25 bits per heavy atom. The van der Waals surface area contributed by atoms with Crippen LogP contribution in [-0.2, 0) is 11.3 Å². The number of nitrogens with zero attached hydrogens (tertiary/aromatic N) is 1. The Bertz CT molecular complexity index is 457. The van der Waals surface area contributed by atoms with Crippen molar-refractivity contribution in [3.63, 3.8) is 0 Å². The number of benzene rings is 1. The van der Waals surface area contributed by atoms with Gasteiger partial charge < -0.3 is 15.4 Å². The maximum absolute atomic E-state index is 12.2. The zero-order valence-electron chi connectivity index (χ0n) is 11.6. The zero-order valence-corrected chi connectivity index (χ0v) is 13.2. The number of nitrogens with two attached hydrogens (primary N) is 1. The summed E-state index contributed by atoms with van der Waals surface area (Å²) in [5.41, 5.74) is 6.60. The number of rotatable bonds is 4. The number of ether oxygens (including phenoxy) is 1. The van der Waals surface area contributed by atoms with E-state index in [1.807, 2.05) is 23.1 Å². The third-order valence-corrected chi connectivity index (χ3v) is 4.05. The van der Waals surface area contributed by atoms with Gasteiger partial charge in [0.1, 0.15) is 5.75 Å². The van der Waals surface area contributed by atoms with Crippen LogP contribution in [0.4, 0.5) is 0 Å². The van der Waals surface area contributed by atoms with E-state index in [1.165, 1.54) is 12.8 Å². The van der Waals surface area contributed by atoms with Crippen LogP contribution in [0.15, 0.2) is 22.7 Å². The number of likely N-dealkylation sites (tertiary alicyclic amines) is 1. The van der Waals surface area contributed by atoms with Crippen molar-refractivity contribution in [1.82, 2.24) is 4.90 Å². The van der Waals surface area contributed by atoms with Crippen molar-refractivity contribution >= 4 is 21.8 Å². The second-order valence-electron chi connectivity index (χ2n) is 5.04. The summed E-state index contributed by atoms with van der Waals surface area (Å²) in [6.45, 7) is 2.19. The van der Waals surface area contributed by atoms with Crippen LogP contribution in [0.2, 0.25) is 0 Å². The van der Waals surface area contributed by atoms with Gasteiger partial charge in [-0.3, -0.25) is 4.79 Å². The molecule has 0 radical (unpaired) electrons. The van der Waals surface area contributed by atoms with Crippen molar-refractivity contribution in [2.45, 2.75) is 32.2 Å². The van der Waals surface area contributed by atoms with E-state index in [9.17, 15) is 4.79 Å². The fraction of sp³-hybridized carbons (Fsp3) is 0.533. The minimum absolute atomic E-state index is 0.0674. The maximum atomic E-state index is 12.2. The lowest BCUT2D eigenvalue weighted by atomic mass is 10.2. The minimum atomic E-state index is 0.0674. The van der Waals surface area contributed by atoms with Gasteiger partial charge in [-0.25, -0.2) is 0 Å². The Morgan fingerprint density at radius 3 is 2.60 bits per heavy atom. The molecule has 0 bridgehead atoms. The van der Waals surface area contributed by atoms with Crippen LogP contribution in [0, 0.1) is 0 Å². The summed E-state index contributed by atoms with van der Waals surface area (Å²) < 4.78 is 6.61.